The second kappa shape index (κ2) is 8.04. The van der Waals surface area contributed by atoms with Crippen molar-refractivity contribution in [1.29, 1.82) is 0 Å². The molecule has 1 atom stereocenters. The first kappa shape index (κ1) is 16.6. The minimum Gasteiger partial charge on any atom is -0.383 e. The van der Waals surface area contributed by atoms with E-state index in [0.29, 0.717) is 6.61 Å². The van der Waals surface area contributed by atoms with Gasteiger partial charge in [-0.2, -0.15) is 0 Å². The number of ether oxygens (including phenoxy) is 1. The van der Waals surface area contributed by atoms with Gasteiger partial charge >= 0.3 is 0 Å². The highest BCUT2D eigenvalue weighted by atomic mass is 32.1. The second-order valence-electron chi connectivity index (χ2n) is 6.43. The fourth-order valence-electron chi connectivity index (χ4n) is 3.43. The quantitative estimate of drug-likeness (QED) is 0.740. The summed E-state index contributed by atoms with van der Waals surface area (Å²) in [4.78, 5) is 9.87. The summed E-state index contributed by atoms with van der Waals surface area (Å²) in [6, 6.07) is 10.9. The molecule has 3 rings (SSSR count). The summed E-state index contributed by atoms with van der Waals surface area (Å²) >= 11 is 1.99. The second-order valence-corrected chi connectivity index (χ2v) is 7.63. The third kappa shape index (κ3) is 4.19. The van der Waals surface area contributed by atoms with Crippen molar-refractivity contribution < 1.29 is 4.74 Å². The first-order valence-electron chi connectivity index (χ1n) is 8.46. The van der Waals surface area contributed by atoms with E-state index in [9.17, 15) is 0 Å². The van der Waals surface area contributed by atoms with Crippen LogP contribution in [0.1, 0.15) is 53.1 Å². The van der Waals surface area contributed by atoms with Gasteiger partial charge in [-0.15, -0.1) is 11.3 Å². The molecule has 0 bridgehead atoms. The van der Waals surface area contributed by atoms with Gasteiger partial charge in [-0.25, -0.2) is 0 Å². The molecule has 0 spiro atoms. The molecule has 2 heterocycles. The molecule has 2 aromatic heterocycles. The average Bonchev–Trinajstić information content (AvgIpc) is 3.24. The Bertz CT molecular complexity index is 592. The van der Waals surface area contributed by atoms with Crippen LogP contribution in [-0.2, 0) is 11.3 Å². The van der Waals surface area contributed by atoms with Crippen molar-refractivity contribution in [2.24, 2.45) is 0 Å². The molecule has 0 aliphatic heterocycles. The Labute approximate surface area is 143 Å². The SMILES string of the molecule is COCC(c1ccccn1)N(C)Cc1ccc(C2CCCC2)s1. The number of rotatable bonds is 7. The Balaban J connectivity index is 1.67. The standard InChI is InChI=1S/C19H26N2OS/c1-21(18(14-22-2)17-9-5-6-12-20-17)13-16-10-11-19(23-16)15-7-3-4-8-15/h5-6,9-12,15,18H,3-4,7-8,13-14H2,1-2H3. The molecule has 23 heavy (non-hydrogen) atoms. The number of aromatic nitrogens is 1. The normalized spacial score (nSPS) is 17.0. The van der Waals surface area contributed by atoms with Crippen LogP contribution in [-0.4, -0.2) is 30.6 Å². The van der Waals surface area contributed by atoms with Crippen LogP contribution in [0.25, 0.3) is 0 Å². The summed E-state index contributed by atoms with van der Waals surface area (Å²) in [5.41, 5.74) is 1.07. The van der Waals surface area contributed by atoms with Gasteiger partial charge in [0, 0.05) is 29.6 Å². The zero-order valence-electron chi connectivity index (χ0n) is 14.1. The minimum absolute atomic E-state index is 0.193. The van der Waals surface area contributed by atoms with Crippen LogP contribution in [0.3, 0.4) is 0 Å². The van der Waals surface area contributed by atoms with E-state index in [1.54, 1.807) is 12.0 Å². The highest BCUT2D eigenvalue weighted by molar-refractivity contribution is 7.12. The Hall–Kier alpha value is -1.23. The Morgan fingerprint density at radius 3 is 2.78 bits per heavy atom. The molecular weight excluding hydrogens is 304 g/mol. The van der Waals surface area contributed by atoms with Crippen LogP contribution in [0.4, 0.5) is 0 Å². The molecule has 1 fully saturated rings. The maximum Gasteiger partial charge on any atom is 0.0758 e. The van der Waals surface area contributed by atoms with Crippen LogP contribution in [0.5, 0.6) is 0 Å². The number of likely N-dealkylation sites (N-methyl/N-ethyl adjacent to an activating group) is 1. The van der Waals surface area contributed by atoms with Crippen molar-refractivity contribution in [2.45, 2.75) is 44.2 Å². The number of nitrogens with zero attached hydrogens (tertiary/aromatic N) is 2. The van der Waals surface area contributed by atoms with Crippen LogP contribution in [0.15, 0.2) is 36.5 Å². The molecular formula is C19H26N2OS. The number of methoxy groups -OCH3 is 1. The van der Waals surface area contributed by atoms with Crippen LogP contribution < -0.4 is 0 Å². The first-order chi connectivity index (χ1) is 11.3. The van der Waals surface area contributed by atoms with Gasteiger partial charge in [0.15, 0.2) is 0 Å². The minimum atomic E-state index is 0.193. The molecule has 4 heteroatoms. The highest BCUT2D eigenvalue weighted by Crippen LogP contribution is 2.38. The Morgan fingerprint density at radius 2 is 2.09 bits per heavy atom. The monoisotopic (exact) mass is 330 g/mol. The molecule has 1 aliphatic rings. The molecule has 2 aromatic rings. The lowest BCUT2D eigenvalue weighted by Gasteiger charge is -2.26. The van der Waals surface area contributed by atoms with E-state index in [1.165, 1.54) is 30.6 Å². The third-order valence-corrected chi connectivity index (χ3v) is 5.96. The first-order valence-corrected chi connectivity index (χ1v) is 9.28. The van der Waals surface area contributed by atoms with E-state index in [-0.39, 0.29) is 6.04 Å². The summed E-state index contributed by atoms with van der Waals surface area (Å²) in [5.74, 6) is 0.810. The maximum atomic E-state index is 5.43. The zero-order chi connectivity index (χ0) is 16.1. The van der Waals surface area contributed by atoms with E-state index >= 15 is 0 Å². The van der Waals surface area contributed by atoms with E-state index in [2.05, 4.69) is 35.1 Å². The van der Waals surface area contributed by atoms with E-state index in [4.69, 9.17) is 4.74 Å². The molecule has 0 saturated heterocycles. The van der Waals surface area contributed by atoms with Crippen molar-refractivity contribution in [3.63, 3.8) is 0 Å². The van der Waals surface area contributed by atoms with Gasteiger partial charge in [-0.05, 0) is 50.1 Å². The summed E-state index contributed by atoms with van der Waals surface area (Å²) in [6.45, 7) is 1.61. The molecule has 0 aromatic carbocycles. The lowest BCUT2D eigenvalue weighted by Crippen LogP contribution is -2.28. The highest BCUT2D eigenvalue weighted by Gasteiger charge is 2.21. The van der Waals surface area contributed by atoms with Crippen molar-refractivity contribution in [1.82, 2.24) is 9.88 Å². The van der Waals surface area contributed by atoms with Gasteiger partial charge < -0.3 is 4.74 Å². The molecule has 3 nitrogen and oxygen atoms in total. The molecule has 0 amide bonds. The molecule has 124 valence electrons. The van der Waals surface area contributed by atoms with Gasteiger partial charge in [0.1, 0.15) is 0 Å². The number of pyridine rings is 1. The Kier molecular flexibility index (Phi) is 5.81. The summed E-state index contributed by atoms with van der Waals surface area (Å²) in [6.07, 6.45) is 7.39. The molecule has 1 unspecified atom stereocenters. The van der Waals surface area contributed by atoms with E-state index < -0.39 is 0 Å². The van der Waals surface area contributed by atoms with Crippen LogP contribution >= 0.6 is 11.3 Å². The molecule has 0 radical (unpaired) electrons. The van der Waals surface area contributed by atoms with Crippen molar-refractivity contribution in [2.75, 3.05) is 20.8 Å². The number of thiophene rings is 1. The third-order valence-electron chi connectivity index (χ3n) is 4.73. The fourth-order valence-corrected chi connectivity index (χ4v) is 4.68. The zero-order valence-corrected chi connectivity index (χ0v) is 14.9. The summed E-state index contributed by atoms with van der Waals surface area (Å²) in [5, 5.41) is 0. The average molecular weight is 330 g/mol. The van der Waals surface area contributed by atoms with Crippen LogP contribution in [0.2, 0.25) is 0 Å². The molecule has 1 saturated carbocycles. The van der Waals surface area contributed by atoms with Gasteiger partial charge in [0.2, 0.25) is 0 Å². The van der Waals surface area contributed by atoms with Gasteiger partial charge in [-0.1, -0.05) is 18.9 Å². The maximum absolute atomic E-state index is 5.43. The lowest BCUT2D eigenvalue weighted by molar-refractivity contribution is 0.101. The topological polar surface area (TPSA) is 25.4 Å². The Morgan fingerprint density at radius 1 is 1.26 bits per heavy atom. The van der Waals surface area contributed by atoms with Crippen molar-refractivity contribution in [3.8, 4) is 0 Å². The van der Waals surface area contributed by atoms with Gasteiger partial charge in [-0.3, -0.25) is 9.88 Å². The van der Waals surface area contributed by atoms with E-state index in [0.717, 1.165) is 18.2 Å². The van der Waals surface area contributed by atoms with Crippen molar-refractivity contribution in [3.05, 3.63) is 52.0 Å². The number of hydrogen-bond donors (Lipinski definition) is 0. The lowest BCUT2D eigenvalue weighted by atomic mass is 10.1. The van der Waals surface area contributed by atoms with Gasteiger partial charge in [0.25, 0.3) is 0 Å². The molecule has 0 N–H and O–H groups in total. The summed E-state index contributed by atoms with van der Waals surface area (Å²) < 4.78 is 5.43. The largest absolute Gasteiger partial charge is 0.383 e. The van der Waals surface area contributed by atoms with Crippen molar-refractivity contribution >= 4 is 11.3 Å². The summed E-state index contributed by atoms with van der Waals surface area (Å²) in [7, 11) is 3.92. The van der Waals surface area contributed by atoms with Crippen LogP contribution in [0, 0.1) is 0 Å². The number of hydrogen-bond acceptors (Lipinski definition) is 4. The fraction of sp³-hybridized carbons (Fsp3) is 0.526. The van der Waals surface area contributed by atoms with Gasteiger partial charge in [0.05, 0.1) is 18.3 Å². The smallest absolute Gasteiger partial charge is 0.0758 e. The van der Waals surface area contributed by atoms with E-state index in [1.807, 2.05) is 29.7 Å². The molecule has 1 aliphatic carbocycles. The predicted octanol–water partition coefficient (Wildman–Crippen LogP) is 4.62. The predicted molar refractivity (Wildman–Crippen MR) is 95.8 cm³/mol.